The van der Waals surface area contributed by atoms with E-state index < -0.39 is 48.4 Å². The van der Waals surface area contributed by atoms with Crippen molar-refractivity contribution in [2.45, 2.75) is 31.0 Å². The van der Waals surface area contributed by atoms with Gasteiger partial charge >= 0.3 is 5.97 Å². The van der Waals surface area contributed by atoms with Gasteiger partial charge in [0, 0.05) is 12.2 Å². The van der Waals surface area contributed by atoms with Gasteiger partial charge in [0.25, 0.3) is 0 Å². The average molecular weight is 473 g/mol. The van der Waals surface area contributed by atoms with E-state index in [1.807, 2.05) is 60.7 Å². The van der Waals surface area contributed by atoms with E-state index in [1.54, 1.807) is 0 Å². The molecule has 2 aromatic rings. The first-order valence-electron chi connectivity index (χ1n) is 10.3. The molecular weight excluding hydrogens is 444 g/mol. The van der Waals surface area contributed by atoms with Gasteiger partial charge in [0.15, 0.2) is 0 Å². The highest BCUT2D eigenvalue weighted by atomic mass is 32.1. The van der Waals surface area contributed by atoms with E-state index in [-0.39, 0.29) is 12.2 Å². The molecule has 0 heterocycles. The minimum absolute atomic E-state index is 0.0588. The Balaban J connectivity index is 2.10. The highest BCUT2D eigenvalue weighted by Gasteiger charge is 2.28. The quantitative estimate of drug-likeness (QED) is 0.238. The number of nitrogens with two attached hydrogens (primary N) is 1. The zero-order valence-electron chi connectivity index (χ0n) is 17.9. The van der Waals surface area contributed by atoms with Crippen LogP contribution in [0.15, 0.2) is 60.7 Å². The lowest BCUT2D eigenvalue weighted by Gasteiger charge is -2.23. The number of carbonyl (C=O) groups is 4. The van der Waals surface area contributed by atoms with Crippen LogP contribution >= 0.6 is 12.6 Å². The third kappa shape index (κ3) is 8.95. The molecule has 10 heteroatoms. The van der Waals surface area contributed by atoms with E-state index in [0.29, 0.717) is 6.42 Å². The van der Waals surface area contributed by atoms with E-state index >= 15 is 0 Å². The SMILES string of the molecule is NC(Cc1ccccc1)C(=O)NC(Cc1ccccc1)C(=O)NC(CS)C(=O)NCC(=O)O. The number of nitrogens with one attached hydrogen (secondary N) is 3. The third-order valence-corrected chi connectivity index (χ3v) is 5.15. The summed E-state index contributed by atoms with van der Waals surface area (Å²) in [6.07, 6.45) is 0.468. The van der Waals surface area contributed by atoms with Crippen LogP contribution in [0.4, 0.5) is 0 Å². The lowest BCUT2D eigenvalue weighted by Crippen LogP contribution is -2.57. The molecule has 3 unspecified atom stereocenters. The molecule has 0 saturated heterocycles. The van der Waals surface area contributed by atoms with E-state index in [2.05, 4.69) is 28.6 Å². The Kier molecular flexibility index (Phi) is 10.4. The molecule has 9 nitrogen and oxygen atoms in total. The van der Waals surface area contributed by atoms with Gasteiger partial charge in [0.1, 0.15) is 18.6 Å². The number of carbonyl (C=O) groups excluding carboxylic acids is 3. The molecule has 0 aliphatic rings. The second-order valence-corrected chi connectivity index (χ2v) is 7.77. The van der Waals surface area contributed by atoms with Crippen molar-refractivity contribution in [3.63, 3.8) is 0 Å². The van der Waals surface area contributed by atoms with E-state index in [1.165, 1.54) is 0 Å². The minimum Gasteiger partial charge on any atom is -0.480 e. The first kappa shape index (κ1) is 25.9. The van der Waals surface area contributed by atoms with Crippen LogP contribution in [-0.4, -0.2) is 59.2 Å². The molecule has 6 N–H and O–H groups in total. The van der Waals surface area contributed by atoms with Crippen molar-refractivity contribution in [3.8, 4) is 0 Å². The van der Waals surface area contributed by atoms with Crippen molar-refractivity contribution in [2.75, 3.05) is 12.3 Å². The number of hydrogen-bond acceptors (Lipinski definition) is 6. The van der Waals surface area contributed by atoms with Crippen LogP contribution in [0, 0.1) is 0 Å². The summed E-state index contributed by atoms with van der Waals surface area (Å²) in [6.45, 7) is -0.586. The van der Waals surface area contributed by atoms with Crippen LogP contribution in [-0.2, 0) is 32.0 Å². The fourth-order valence-corrected chi connectivity index (χ4v) is 3.31. The zero-order chi connectivity index (χ0) is 24.2. The third-order valence-electron chi connectivity index (χ3n) is 4.78. The lowest BCUT2D eigenvalue weighted by molar-refractivity contribution is -0.138. The van der Waals surface area contributed by atoms with Gasteiger partial charge in [-0.3, -0.25) is 19.2 Å². The van der Waals surface area contributed by atoms with Crippen LogP contribution in [0.25, 0.3) is 0 Å². The molecule has 33 heavy (non-hydrogen) atoms. The summed E-state index contributed by atoms with van der Waals surface area (Å²) in [6, 6.07) is 15.4. The summed E-state index contributed by atoms with van der Waals surface area (Å²) in [5.74, 6) is -3.08. The van der Waals surface area contributed by atoms with Crippen molar-refractivity contribution >= 4 is 36.3 Å². The first-order valence-corrected chi connectivity index (χ1v) is 11.0. The monoisotopic (exact) mass is 472 g/mol. The normalized spacial score (nSPS) is 13.3. The summed E-state index contributed by atoms with van der Waals surface area (Å²) in [5, 5.41) is 16.1. The van der Waals surface area contributed by atoms with Crippen LogP contribution < -0.4 is 21.7 Å². The topological polar surface area (TPSA) is 151 Å². The van der Waals surface area contributed by atoms with Crippen LogP contribution in [0.2, 0.25) is 0 Å². The standard InChI is InChI=1S/C23H28N4O5S/c24-17(11-15-7-3-1-4-8-15)21(30)26-18(12-16-9-5-2-6-10-16)23(32)27-19(14-33)22(31)25-13-20(28)29/h1-10,17-19,33H,11-14,24H2,(H,25,31)(H,26,30)(H,27,32)(H,28,29). The van der Waals surface area contributed by atoms with Gasteiger partial charge in [-0.15, -0.1) is 0 Å². The van der Waals surface area contributed by atoms with Crippen LogP contribution in [0.3, 0.4) is 0 Å². The summed E-state index contributed by atoms with van der Waals surface area (Å²) in [4.78, 5) is 48.6. The molecule has 3 atom stereocenters. The van der Waals surface area contributed by atoms with Gasteiger partial charge in [-0.25, -0.2) is 0 Å². The molecule has 0 bridgehead atoms. The predicted octanol–water partition coefficient (Wildman–Crippen LogP) is -0.101. The molecule has 0 aliphatic heterocycles. The maximum absolute atomic E-state index is 13.0. The molecule has 0 saturated carbocycles. The van der Waals surface area contributed by atoms with Crippen molar-refractivity contribution < 1.29 is 24.3 Å². The van der Waals surface area contributed by atoms with Gasteiger partial charge in [-0.1, -0.05) is 60.7 Å². The number of rotatable bonds is 12. The van der Waals surface area contributed by atoms with E-state index in [0.717, 1.165) is 11.1 Å². The number of hydrogen-bond donors (Lipinski definition) is 6. The fraction of sp³-hybridized carbons (Fsp3) is 0.304. The van der Waals surface area contributed by atoms with Gasteiger partial charge in [-0.2, -0.15) is 12.6 Å². The molecule has 2 rings (SSSR count). The Hall–Kier alpha value is -3.37. The zero-order valence-corrected chi connectivity index (χ0v) is 18.8. The lowest BCUT2D eigenvalue weighted by atomic mass is 10.0. The van der Waals surface area contributed by atoms with E-state index in [4.69, 9.17) is 10.8 Å². The Labute approximate surface area is 197 Å². The molecule has 0 radical (unpaired) electrons. The highest BCUT2D eigenvalue weighted by Crippen LogP contribution is 2.06. The van der Waals surface area contributed by atoms with Gasteiger partial charge in [0.05, 0.1) is 6.04 Å². The summed E-state index contributed by atoms with van der Waals surface area (Å²) in [5.41, 5.74) is 7.74. The van der Waals surface area contributed by atoms with Gasteiger partial charge in [0.2, 0.25) is 17.7 Å². The fourth-order valence-electron chi connectivity index (χ4n) is 3.05. The predicted molar refractivity (Wildman–Crippen MR) is 127 cm³/mol. The molecule has 3 amide bonds. The number of benzene rings is 2. The average Bonchev–Trinajstić information content (AvgIpc) is 2.81. The van der Waals surface area contributed by atoms with Crippen molar-refractivity contribution in [1.82, 2.24) is 16.0 Å². The Morgan fingerprint density at radius 3 is 1.82 bits per heavy atom. The van der Waals surface area contributed by atoms with E-state index in [9.17, 15) is 19.2 Å². The van der Waals surface area contributed by atoms with Gasteiger partial charge < -0.3 is 26.8 Å². The number of thiol groups is 1. The summed E-state index contributed by atoms with van der Waals surface area (Å²) < 4.78 is 0. The van der Waals surface area contributed by atoms with Crippen molar-refractivity contribution in [3.05, 3.63) is 71.8 Å². The number of carboxylic acids is 1. The summed E-state index contributed by atoms with van der Waals surface area (Å²) in [7, 11) is 0. The molecule has 2 aromatic carbocycles. The minimum atomic E-state index is -1.21. The number of amides is 3. The largest absolute Gasteiger partial charge is 0.480 e. The van der Waals surface area contributed by atoms with Crippen LogP contribution in [0.1, 0.15) is 11.1 Å². The van der Waals surface area contributed by atoms with Crippen molar-refractivity contribution in [1.29, 1.82) is 0 Å². The molecule has 0 aliphatic carbocycles. The summed E-state index contributed by atoms with van der Waals surface area (Å²) >= 11 is 4.07. The molecule has 0 aromatic heterocycles. The number of carboxylic acid groups (broad SMARTS) is 1. The number of aliphatic carboxylic acids is 1. The Morgan fingerprint density at radius 1 is 0.788 bits per heavy atom. The maximum atomic E-state index is 13.0. The second-order valence-electron chi connectivity index (χ2n) is 7.40. The van der Waals surface area contributed by atoms with Crippen LogP contribution in [0.5, 0.6) is 0 Å². The Morgan fingerprint density at radius 2 is 1.30 bits per heavy atom. The molecule has 176 valence electrons. The molecular formula is C23H28N4O5S. The van der Waals surface area contributed by atoms with Gasteiger partial charge in [-0.05, 0) is 17.5 Å². The molecule has 0 fully saturated rings. The molecule has 0 spiro atoms. The Bertz CT molecular complexity index is 942. The smallest absolute Gasteiger partial charge is 0.322 e. The second kappa shape index (κ2) is 13.2. The van der Waals surface area contributed by atoms with Crippen molar-refractivity contribution in [2.24, 2.45) is 5.73 Å². The maximum Gasteiger partial charge on any atom is 0.322 e. The highest BCUT2D eigenvalue weighted by molar-refractivity contribution is 7.80. The first-order chi connectivity index (χ1) is 15.8.